The summed E-state index contributed by atoms with van der Waals surface area (Å²) in [5.41, 5.74) is -0.0513. The largest absolute Gasteiger partial charge is 0.336 e. The molecule has 102 valence electrons. The van der Waals surface area contributed by atoms with Crippen molar-refractivity contribution >= 4 is 5.91 Å². The number of pyridine rings is 1. The van der Waals surface area contributed by atoms with Crippen molar-refractivity contribution in [3.8, 4) is 0 Å². The summed E-state index contributed by atoms with van der Waals surface area (Å²) in [6.07, 6.45) is 4.95. The first kappa shape index (κ1) is 12.5. The van der Waals surface area contributed by atoms with Crippen LogP contribution in [0.3, 0.4) is 0 Å². The lowest BCUT2D eigenvalue weighted by Gasteiger charge is -2.23. The maximum Gasteiger partial charge on any atom is 0.275 e. The predicted octanol–water partition coefficient (Wildman–Crippen LogP) is 1.53. The van der Waals surface area contributed by atoms with Crippen molar-refractivity contribution in [2.45, 2.75) is 25.3 Å². The van der Waals surface area contributed by atoms with Crippen LogP contribution in [0, 0.1) is 5.82 Å². The zero-order chi connectivity index (χ0) is 13.2. The molecule has 3 rings (SSSR count). The normalized spacial score (nSPS) is 24.1. The van der Waals surface area contributed by atoms with Crippen molar-refractivity contribution in [3.05, 3.63) is 29.8 Å². The van der Waals surface area contributed by atoms with Crippen LogP contribution in [0.2, 0.25) is 0 Å². The Kier molecular flexibility index (Phi) is 3.46. The summed E-state index contributed by atoms with van der Waals surface area (Å²) in [7, 11) is 0. The minimum absolute atomic E-state index is 0.0513. The fourth-order valence-electron chi connectivity index (χ4n) is 3.02. The van der Waals surface area contributed by atoms with Crippen LogP contribution in [0.5, 0.6) is 0 Å². The van der Waals surface area contributed by atoms with Crippen LogP contribution in [0.1, 0.15) is 29.8 Å². The van der Waals surface area contributed by atoms with Gasteiger partial charge in [-0.2, -0.15) is 0 Å². The summed E-state index contributed by atoms with van der Waals surface area (Å²) in [5.74, 6) is -0.808. The lowest BCUT2D eigenvalue weighted by atomic mass is 10.2. The molecule has 2 saturated heterocycles. The second kappa shape index (κ2) is 5.25. The standard InChI is InChI=1S/C14H18FN3O/c15-12-4-3-6-16-13(12)14(19)18-9-5-11(10-18)17-7-1-2-8-17/h3-4,6,11H,1-2,5,7-10H2. The second-order valence-electron chi connectivity index (χ2n) is 5.27. The Bertz CT molecular complexity index is 474. The lowest BCUT2D eigenvalue weighted by Crippen LogP contribution is -2.37. The highest BCUT2D eigenvalue weighted by Crippen LogP contribution is 2.21. The number of likely N-dealkylation sites (tertiary alicyclic amines) is 2. The maximum atomic E-state index is 13.6. The molecule has 1 unspecified atom stereocenters. The minimum Gasteiger partial charge on any atom is -0.336 e. The first-order valence-corrected chi connectivity index (χ1v) is 6.89. The molecule has 5 heteroatoms. The van der Waals surface area contributed by atoms with E-state index in [1.807, 2.05) is 0 Å². The summed E-state index contributed by atoms with van der Waals surface area (Å²) in [5, 5.41) is 0. The molecule has 2 aliphatic rings. The quantitative estimate of drug-likeness (QED) is 0.812. The number of aromatic nitrogens is 1. The van der Waals surface area contributed by atoms with Gasteiger partial charge in [-0.25, -0.2) is 9.37 Å². The van der Waals surface area contributed by atoms with Gasteiger partial charge in [0.25, 0.3) is 5.91 Å². The van der Waals surface area contributed by atoms with Crippen LogP contribution in [-0.4, -0.2) is 52.9 Å². The Morgan fingerprint density at radius 1 is 1.32 bits per heavy atom. The molecule has 0 N–H and O–H groups in total. The third-order valence-corrected chi connectivity index (χ3v) is 4.07. The maximum absolute atomic E-state index is 13.6. The van der Waals surface area contributed by atoms with Crippen LogP contribution < -0.4 is 0 Å². The molecule has 1 aromatic rings. The van der Waals surface area contributed by atoms with Gasteiger partial charge in [-0.15, -0.1) is 0 Å². The van der Waals surface area contributed by atoms with Gasteiger partial charge in [-0.3, -0.25) is 9.69 Å². The number of hydrogen-bond acceptors (Lipinski definition) is 3. The van der Waals surface area contributed by atoms with Gasteiger partial charge in [-0.1, -0.05) is 0 Å². The van der Waals surface area contributed by atoms with Crippen LogP contribution in [0.4, 0.5) is 4.39 Å². The predicted molar refractivity (Wildman–Crippen MR) is 69.3 cm³/mol. The van der Waals surface area contributed by atoms with E-state index < -0.39 is 5.82 Å². The van der Waals surface area contributed by atoms with E-state index in [0.29, 0.717) is 19.1 Å². The molecule has 0 aliphatic carbocycles. The van der Waals surface area contributed by atoms with Crippen molar-refractivity contribution in [1.29, 1.82) is 0 Å². The van der Waals surface area contributed by atoms with Gasteiger partial charge in [0.15, 0.2) is 11.5 Å². The number of carbonyl (C=O) groups is 1. The van der Waals surface area contributed by atoms with Crippen LogP contribution in [-0.2, 0) is 0 Å². The fourth-order valence-corrected chi connectivity index (χ4v) is 3.02. The molecule has 0 radical (unpaired) electrons. The zero-order valence-electron chi connectivity index (χ0n) is 10.9. The van der Waals surface area contributed by atoms with Crippen LogP contribution in [0.25, 0.3) is 0 Å². The first-order chi connectivity index (χ1) is 9.25. The number of rotatable bonds is 2. The number of nitrogens with zero attached hydrogens (tertiary/aromatic N) is 3. The van der Waals surface area contributed by atoms with Crippen LogP contribution in [0.15, 0.2) is 18.3 Å². The Balaban J connectivity index is 1.67. The summed E-state index contributed by atoms with van der Waals surface area (Å²) in [4.78, 5) is 20.3. The molecule has 1 aromatic heterocycles. The molecular formula is C14H18FN3O. The van der Waals surface area contributed by atoms with Crippen molar-refractivity contribution in [1.82, 2.24) is 14.8 Å². The SMILES string of the molecule is O=C(c1ncccc1F)N1CCC(N2CCCC2)C1. The van der Waals surface area contributed by atoms with Crippen molar-refractivity contribution in [3.63, 3.8) is 0 Å². The minimum atomic E-state index is -0.530. The smallest absolute Gasteiger partial charge is 0.275 e. The number of amides is 1. The number of hydrogen-bond donors (Lipinski definition) is 0. The number of halogens is 1. The van der Waals surface area contributed by atoms with Crippen molar-refractivity contribution in [2.75, 3.05) is 26.2 Å². The molecule has 2 aliphatic heterocycles. The molecule has 0 bridgehead atoms. The van der Waals surface area contributed by atoms with E-state index >= 15 is 0 Å². The van der Waals surface area contributed by atoms with Gasteiger partial charge in [0.1, 0.15) is 0 Å². The molecule has 0 spiro atoms. The van der Waals surface area contributed by atoms with E-state index in [-0.39, 0.29) is 11.6 Å². The van der Waals surface area contributed by atoms with Gasteiger partial charge in [0.05, 0.1) is 0 Å². The summed E-state index contributed by atoms with van der Waals surface area (Å²) in [6.45, 7) is 3.67. The average molecular weight is 263 g/mol. The first-order valence-electron chi connectivity index (χ1n) is 6.89. The van der Waals surface area contributed by atoms with Crippen LogP contribution >= 0.6 is 0 Å². The molecule has 19 heavy (non-hydrogen) atoms. The summed E-state index contributed by atoms with van der Waals surface area (Å²) >= 11 is 0. The Hall–Kier alpha value is -1.49. The highest BCUT2D eigenvalue weighted by molar-refractivity contribution is 5.92. The molecule has 4 nitrogen and oxygen atoms in total. The molecule has 1 atom stereocenters. The van der Waals surface area contributed by atoms with Gasteiger partial charge in [-0.05, 0) is 44.5 Å². The average Bonchev–Trinajstić information content (AvgIpc) is 3.09. The fraction of sp³-hybridized carbons (Fsp3) is 0.571. The van der Waals surface area contributed by atoms with Gasteiger partial charge >= 0.3 is 0 Å². The van der Waals surface area contributed by atoms with E-state index in [1.54, 1.807) is 4.90 Å². The number of carbonyl (C=O) groups excluding carboxylic acids is 1. The monoisotopic (exact) mass is 263 g/mol. The van der Waals surface area contributed by atoms with E-state index in [0.717, 1.165) is 19.5 Å². The summed E-state index contributed by atoms with van der Waals surface area (Å²) < 4.78 is 13.6. The third-order valence-electron chi connectivity index (χ3n) is 4.07. The highest BCUT2D eigenvalue weighted by atomic mass is 19.1. The summed E-state index contributed by atoms with van der Waals surface area (Å²) in [6, 6.07) is 3.23. The molecule has 0 aromatic carbocycles. The Labute approximate surface area is 112 Å². The van der Waals surface area contributed by atoms with Gasteiger partial charge in [0, 0.05) is 25.3 Å². The molecule has 3 heterocycles. The van der Waals surface area contributed by atoms with Crippen molar-refractivity contribution in [2.24, 2.45) is 0 Å². The Morgan fingerprint density at radius 3 is 2.84 bits per heavy atom. The lowest BCUT2D eigenvalue weighted by molar-refractivity contribution is 0.0769. The zero-order valence-corrected chi connectivity index (χ0v) is 10.9. The van der Waals surface area contributed by atoms with Gasteiger partial charge in [0.2, 0.25) is 0 Å². The van der Waals surface area contributed by atoms with E-state index in [4.69, 9.17) is 0 Å². The third kappa shape index (κ3) is 2.47. The molecule has 0 saturated carbocycles. The van der Waals surface area contributed by atoms with E-state index in [1.165, 1.54) is 31.2 Å². The highest BCUT2D eigenvalue weighted by Gasteiger charge is 2.33. The van der Waals surface area contributed by atoms with Gasteiger partial charge < -0.3 is 4.90 Å². The van der Waals surface area contributed by atoms with Crippen molar-refractivity contribution < 1.29 is 9.18 Å². The second-order valence-corrected chi connectivity index (χ2v) is 5.27. The molecule has 2 fully saturated rings. The Morgan fingerprint density at radius 2 is 2.11 bits per heavy atom. The van der Waals surface area contributed by atoms with E-state index in [2.05, 4.69) is 9.88 Å². The molecular weight excluding hydrogens is 245 g/mol. The molecule has 1 amide bonds. The van der Waals surface area contributed by atoms with E-state index in [9.17, 15) is 9.18 Å². The topological polar surface area (TPSA) is 36.4 Å².